The Hall–Kier alpha value is -3.02. The van der Waals surface area contributed by atoms with Gasteiger partial charge in [-0.05, 0) is 31.9 Å². The molecule has 3 aromatic rings. The van der Waals surface area contributed by atoms with Gasteiger partial charge in [0.1, 0.15) is 5.82 Å². The van der Waals surface area contributed by atoms with E-state index in [1.807, 2.05) is 52.9 Å². The molecule has 0 saturated carbocycles. The Bertz CT molecular complexity index is 905. The maximum atomic E-state index is 12.8. The van der Waals surface area contributed by atoms with Gasteiger partial charge in [-0.2, -0.15) is 0 Å². The van der Waals surface area contributed by atoms with Gasteiger partial charge in [-0.3, -0.25) is 14.3 Å². The summed E-state index contributed by atoms with van der Waals surface area (Å²) in [6.07, 6.45) is 9.05. The van der Waals surface area contributed by atoms with E-state index in [1.54, 1.807) is 18.6 Å². The number of hydrogen-bond acceptors (Lipinski definition) is 4. The van der Waals surface area contributed by atoms with Gasteiger partial charge >= 0.3 is 0 Å². The summed E-state index contributed by atoms with van der Waals surface area (Å²) in [7, 11) is 0. The number of nitrogens with zero attached hydrogens (tertiary/aromatic N) is 5. The number of benzene rings is 1. The fraction of sp³-hybridized carbons (Fsp3) is 0.300. The number of hydrogen-bond donors (Lipinski definition) is 0. The second kappa shape index (κ2) is 7.07. The number of amides is 1. The Morgan fingerprint density at radius 1 is 1.08 bits per heavy atom. The van der Waals surface area contributed by atoms with Crippen molar-refractivity contribution in [3.63, 3.8) is 0 Å². The predicted octanol–water partition coefficient (Wildman–Crippen LogP) is 2.99. The van der Waals surface area contributed by atoms with E-state index in [4.69, 9.17) is 0 Å². The molecule has 1 atom stereocenters. The van der Waals surface area contributed by atoms with Crippen molar-refractivity contribution in [3.8, 4) is 5.82 Å². The number of carbonyl (C=O) groups is 1. The number of imidazole rings is 1. The minimum absolute atomic E-state index is 0.0829. The standard InChI is InChI=1S/C20H21N5O/c1-15-21-11-13-25(15)19-18(22-9-10-23-19)17-8-5-12-24(14-17)20(26)16-6-3-2-4-7-16/h2-4,6-7,9-11,13,17H,5,8,12,14H2,1H3/t17-/m1/s1. The molecule has 132 valence electrons. The van der Waals surface area contributed by atoms with Crippen molar-refractivity contribution in [2.24, 2.45) is 0 Å². The van der Waals surface area contributed by atoms with E-state index in [9.17, 15) is 4.79 Å². The number of aryl methyl sites for hydroxylation is 1. The first-order valence-corrected chi connectivity index (χ1v) is 8.89. The van der Waals surface area contributed by atoms with E-state index in [1.165, 1.54) is 0 Å². The van der Waals surface area contributed by atoms with Gasteiger partial charge in [-0.25, -0.2) is 9.97 Å². The van der Waals surface area contributed by atoms with Crippen LogP contribution in [0.3, 0.4) is 0 Å². The molecule has 6 heteroatoms. The number of aromatic nitrogens is 4. The van der Waals surface area contributed by atoms with Crippen molar-refractivity contribution in [3.05, 3.63) is 72.2 Å². The number of carbonyl (C=O) groups excluding carboxylic acids is 1. The molecule has 26 heavy (non-hydrogen) atoms. The maximum absolute atomic E-state index is 12.8. The molecule has 1 fully saturated rings. The molecule has 1 saturated heterocycles. The van der Waals surface area contributed by atoms with Crippen LogP contribution in [0.4, 0.5) is 0 Å². The molecule has 4 rings (SSSR count). The SMILES string of the molecule is Cc1nccn1-c1nccnc1[C@@H]1CCCN(C(=O)c2ccccc2)C1. The normalized spacial score (nSPS) is 17.3. The summed E-state index contributed by atoms with van der Waals surface area (Å²) >= 11 is 0. The quantitative estimate of drug-likeness (QED) is 0.731. The molecule has 0 aliphatic carbocycles. The van der Waals surface area contributed by atoms with Crippen LogP contribution in [0.5, 0.6) is 0 Å². The van der Waals surface area contributed by atoms with Crippen LogP contribution in [0.25, 0.3) is 5.82 Å². The lowest BCUT2D eigenvalue weighted by molar-refractivity contribution is 0.0705. The first-order chi connectivity index (χ1) is 12.7. The molecule has 1 aliphatic heterocycles. The zero-order valence-electron chi connectivity index (χ0n) is 14.7. The molecular formula is C20H21N5O. The largest absolute Gasteiger partial charge is 0.338 e. The second-order valence-corrected chi connectivity index (χ2v) is 6.57. The molecule has 0 spiro atoms. The third kappa shape index (κ3) is 3.10. The predicted molar refractivity (Wildman–Crippen MR) is 98.2 cm³/mol. The van der Waals surface area contributed by atoms with Crippen molar-refractivity contribution in [2.45, 2.75) is 25.7 Å². The number of rotatable bonds is 3. The Kier molecular flexibility index (Phi) is 4.48. The smallest absolute Gasteiger partial charge is 0.253 e. The molecule has 0 unspecified atom stereocenters. The fourth-order valence-corrected chi connectivity index (χ4v) is 3.56. The molecule has 0 bridgehead atoms. The second-order valence-electron chi connectivity index (χ2n) is 6.57. The van der Waals surface area contributed by atoms with Crippen LogP contribution in [0, 0.1) is 6.92 Å². The minimum atomic E-state index is 0.0829. The van der Waals surface area contributed by atoms with Gasteiger partial charge < -0.3 is 4.90 Å². The summed E-state index contributed by atoms with van der Waals surface area (Å²) in [6.45, 7) is 3.39. The summed E-state index contributed by atoms with van der Waals surface area (Å²) < 4.78 is 1.96. The molecule has 1 aliphatic rings. The van der Waals surface area contributed by atoms with Crippen LogP contribution in [0.2, 0.25) is 0 Å². The highest BCUT2D eigenvalue weighted by molar-refractivity contribution is 5.94. The highest BCUT2D eigenvalue weighted by Crippen LogP contribution is 2.29. The lowest BCUT2D eigenvalue weighted by Gasteiger charge is -2.33. The monoisotopic (exact) mass is 347 g/mol. The van der Waals surface area contributed by atoms with E-state index in [0.717, 1.165) is 42.3 Å². The Morgan fingerprint density at radius 3 is 2.65 bits per heavy atom. The third-order valence-electron chi connectivity index (χ3n) is 4.88. The van der Waals surface area contributed by atoms with Crippen LogP contribution in [-0.2, 0) is 0 Å². The van der Waals surface area contributed by atoms with E-state index < -0.39 is 0 Å². The summed E-state index contributed by atoms with van der Waals surface area (Å²) in [5.74, 6) is 1.93. The zero-order chi connectivity index (χ0) is 17.9. The van der Waals surface area contributed by atoms with Crippen LogP contribution in [0.15, 0.2) is 55.1 Å². The van der Waals surface area contributed by atoms with E-state index in [2.05, 4.69) is 15.0 Å². The van der Waals surface area contributed by atoms with Crippen molar-refractivity contribution < 1.29 is 4.79 Å². The molecule has 2 aromatic heterocycles. The van der Waals surface area contributed by atoms with Gasteiger partial charge in [-0.1, -0.05) is 18.2 Å². The third-order valence-corrected chi connectivity index (χ3v) is 4.88. The zero-order valence-corrected chi connectivity index (χ0v) is 14.7. The Labute approximate surface area is 152 Å². The minimum Gasteiger partial charge on any atom is -0.338 e. The first kappa shape index (κ1) is 16.4. The van der Waals surface area contributed by atoms with Gasteiger partial charge in [0.15, 0.2) is 5.82 Å². The number of piperidine rings is 1. The summed E-state index contributed by atoms with van der Waals surface area (Å²) in [5.41, 5.74) is 1.66. The highest BCUT2D eigenvalue weighted by atomic mass is 16.2. The van der Waals surface area contributed by atoms with Gasteiger partial charge in [0.05, 0.1) is 5.69 Å². The van der Waals surface area contributed by atoms with Crippen LogP contribution in [-0.4, -0.2) is 43.4 Å². The number of likely N-dealkylation sites (tertiary alicyclic amines) is 1. The van der Waals surface area contributed by atoms with Crippen LogP contribution < -0.4 is 0 Å². The highest BCUT2D eigenvalue weighted by Gasteiger charge is 2.28. The van der Waals surface area contributed by atoms with E-state index in [-0.39, 0.29) is 11.8 Å². The lowest BCUT2D eigenvalue weighted by atomic mass is 9.93. The van der Waals surface area contributed by atoms with Gasteiger partial charge in [-0.15, -0.1) is 0 Å². The molecule has 1 aromatic carbocycles. The van der Waals surface area contributed by atoms with E-state index in [0.29, 0.717) is 6.54 Å². The molecule has 0 radical (unpaired) electrons. The van der Waals surface area contributed by atoms with Crippen molar-refractivity contribution >= 4 is 5.91 Å². The average Bonchev–Trinajstić information content (AvgIpc) is 3.14. The molecule has 6 nitrogen and oxygen atoms in total. The molecule has 3 heterocycles. The summed E-state index contributed by atoms with van der Waals surface area (Å²) in [5, 5.41) is 0. The summed E-state index contributed by atoms with van der Waals surface area (Å²) in [4.78, 5) is 28.2. The topological polar surface area (TPSA) is 63.9 Å². The van der Waals surface area contributed by atoms with Crippen LogP contribution in [0.1, 0.15) is 40.6 Å². The van der Waals surface area contributed by atoms with E-state index >= 15 is 0 Å². The molecule has 1 amide bonds. The van der Waals surface area contributed by atoms with Crippen molar-refractivity contribution in [1.29, 1.82) is 0 Å². The molecular weight excluding hydrogens is 326 g/mol. The van der Waals surface area contributed by atoms with Gasteiger partial charge in [0.2, 0.25) is 0 Å². The van der Waals surface area contributed by atoms with Crippen molar-refractivity contribution in [2.75, 3.05) is 13.1 Å². The molecule has 0 N–H and O–H groups in total. The summed E-state index contributed by atoms with van der Waals surface area (Å²) in [6, 6.07) is 9.46. The lowest BCUT2D eigenvalue weighted by Crippen LogP contribution is -2.39. The average molecular weight is 347 g/mol. The van der Waals surface area contributed by atoms with Crippen molar-refractivity contribution in [1.82, 2.24) is 24.4 Å². The fourth-order valence-electron chi connectivity index (χ4n) is 3.56. The maximum Gasteiger partial charge on any atom is 0.253 e. The Balaban J connectivity index is 1.61. The first-order valence-electron chi connectivity index (χ1n) is 8.89. The van der Waals surface area contributed by atoms with Crippen LogP contribution >= 0.6 is 0 Å². The van der Waals surface area contributed by atoms with Gasteiger partial charge in [0, 0.05) is 49.4 Å². The van der Waals surface area contributed by atoms with Gasteiger partial charge in [0.25, 0.3) is 5.91 Å². The Morgan fingerprint density at radius 2 is 1.88 bits per heavy atom.